The molecule has 0 aliphatic carbocycles. The first kappa shape index (κ1) is 11.7. The van der Waals surface area contributed by atoms with E-state index < -0.39 is 0 Å². The van der Waals surface area contributed by atoms with Gasteiger partial charge in [-0.1, -0.05) is 13.3 Å². The van der Waals surface area contributed by atoms with Crippen LogP contribution in [0, 0.1) is 5.92 Å². The quantitative estimate of drug-likeness (QED) is 0.755. The fourth-order valence-corrected chi connectivity index (χ4v) is 2.69. The molecule has 0 aliphatic heterocycles. The number of hydrogen-bond donors (Lipinski definition) is 2. The molecule has 1 heterocycles. The van der Waals surface area contributed by atoms with Crippen LogP contribution in [0.25, 0.3) is 0 Å². The molecule has 1 aromatic heterocycles. The summed E-state index contributed by atoms with van der Waals surface area (Å²) in [4.78, 5) is 2.91. The molecule has 0 aromatic carbocycles. The van der Waals surface area contributed by atoms with Gasteiger partial charge in [-0.3, -0.25) is 0 Å². The first-order valence-electron chi connectivity index (χ1n) is 5.27. The number of thiophene rings is 1. The smallest absolute Gasteiger partial charge is 0.00519 e. The van der Waals surface area contributed by atoms with Crippen LogP contribution >= 0.6 is 11.3 Å². The van der Waals surface area contributed by atoms with Crippen molar-refractivity contribution in [3.8, 4) is 0 Å². The van der Waals surface area contributed by atoms with Crippen molar-refractivity contribution in [3.05, 3.63) is 21.9 Å². The second kappa shape index (κ2) is 6.17. The lowest BCUT2D eigenvalue weighted by Crippen LogP contribution is -2.24. The third-order valence-electron chi connectivity index (χ3n) is 2.37. The van der Waals surface area contributed by atoms with Gasteiger partial charge in [0.1, 0.15) is 0 Å². The summed E-state index contributed by atoms with van der Waals surface area (Å²) in [7, 11) is 0. The van der Waals surface area contributed by atoms with Crippen LogP contribution in [0.4, 0.5) is 0 Å². The zero-order chi connectivity index (χ0) is 10.4. The van der Waals surface area contributed by atoms with E-state index in [1.54, 1.807) is 0 Å². The predicted octanol–water partition coefficient (Wildman–Crippen LogP) is 1.78. The van der Waals surface area contributed by atoms with E-state index in [1.807, 2.05) is 11.3 Å². The Morgan fingerprint density at radius 3 is 2.43 bits per heavy atom. The maximum atomic E-state index is 5.62. The molecule has 0 saturated heterocycles. The number of nitrogens with two attached hydrogens (primary N) is 2. The normalized spacial score (nSPS) is 11.1. The van der Waals surface area contributed by atoms with Crippen LogP contribution in [-0.2, 0) is 12.8 Å². The van der Waals surface area contributed by atoms with E-state index >= 15 is 0 Å². The van der Waals surface area contributed by atoms with Crippen LogP contribution in [0.15, 0.2) is 12.1 Å². The highest BCUT2D eigenvalue weighted by atomic mass is 32.1. The van der Waals surface area contributed by atoms with Crippen LogP contribution < -0.4 is 11.5 Å². The molecular weight excluding hydrogens is 192 g/mol. The van der Waals surface area contributed by atoms with Gasteiger partial charge in [-0.25, -0.2) is 0 Å². The fourth-order valence-electron chi connectivity index (χ4n) is 1.46. The van der Waals surface area contributed by atoms with E-state index in [0.29, 0.717) is 19.0 Å². The van der Waals surface area contributed by atoms with Gasteiger partial charge in [0, 0.05) is 9.75 Å². The van der Waals surface area contributed by atoms with Gasteiger partial charge in [0.2, 0.25) is 0 Å². The molecule has 4 N–H and O–H groups in total. The Morgan fingerprint density at radius 1 is 1.21 bits per heavy atom. The minimum absolute atomic E-state index is 0.447. The summed E-state index contributed by atoms with van der Waals surface area (Å²) in [6.07, 6.45) is 3.46. The molecule has 3 heteroatoms. The molecule has 0 atom stereocenters. The molecule has 80 valence electrons. The van der Waals surface area contributed by atoms with Crippen molar-refractivity contribution < 1.29 is 0 Å². The van der Waals surface area contributed by atoms with Gasteiger partial charge >= 0.3 is 0 Å². The van der Waals surface area contributed by atoms with E-state index in [9.17, 15) is 0 Å². The molecule has 0 radical (unpaired) electrons. The van der Waals surface area contributed by atoms with Crippen molar-refractivity contribution in [3.63, 3.8) is 0 Å². The minimum Gasteiger partial charge on any atom is -0.330 e. The number of hydrogen-bond acceptors (Lipinski definition) is 3. The minimum atomic E-state index is 0.447. The molecular formula is C11H20N2S. The Bertz CT molecular complexity index is 254. The molecule has 0 bridgehead atoms. The van der Waals surface area contributed by atoms with Crippen molar-refractivity contribution >= 4 is 11.3 Å². The third-order valence-corrected chi connectivity index (χ3v) is 3.54. The van der Waals surface area contributed by atoms with Crippen LogP contribution in [0.2, 0.25) is 0 Å². The van der Waals surface area contributed by atoms with E-state index in [-0.39, 0.29) is 0 Å². The summed E-state index contributed by atoms with van der Waals surface area (Å²) >= 11 is 1.91. The Labute approximate surface area is 90.3 Å². The summed E-state index contributed by atoms with van der Waals surface area (Å²) in [6.45, 7) is 3.59. The van der Waals surface area contributed by atoms with Gasteiger partial charge in [0.25, 0.3) is 0 Å². The molecule has 0 unspecified atom stereocenters. The zero-order valence-electron chi connectivity index (χ0n) is 8.83. The van der Waals surface area contributed by atoms with Crippen molar-refractivity contribution in [2.45, 2.75) is 26.2 Å². The zero-order valence-corrected chi connectivity index (χ0v) is 9.65. The number of aryl methyl sites for hydroxylation is 1. The molecule has 1 aromatic rings. The van der Waals surface area contributed by atoms with Gasteiger partial charge in [-0.05, 0) is 44.0 Å². The summed E-state index contributed by atoms with van der Waals surface area (Å²) in [5.41, 5.74) is 11.2. The second-order valence-electron chi connectivity index (χ2n) is 3.66. The molecule has 2 nitrogen and oxygen atoms in total. The van der Waals surface area contributed by atoms with Crippen LogP contribution in [0.1, 0.15) is 23.1 Å². The SMILES string of the molecule is CCCc1ccc(CC(CN)CN)s1. The molecule has 14 heavy (non-hydrogen) atoms. The van der Waals surface area contributed by atoms with Crippen LogP contribution in [-0.4, -0.2) is 13.1 Å². The Hall–Kier alpha value is -0.380. The third kappa shape index (κ3) is 3.40. The van der Waals surface area contributed by atoms with Crippen molar-refractivity contribution in [2.75, 3.05) is 13.1 Å². The summed E-state index contributed by atoms with van der Waals surface area (Å²) in [6, 6.07) is 4.45. The van der Waals surface area contributed by atoms with E-state index in [2.05, 4.69) is 19.1 Å². The summed E-state index contributed by atoms with van der Waals surface area (Å²) in [5.74, 6) is 0.447. The topological polar surface area (TPSA) is 52.0 Å². The average Bonchev–Trinajstić information content (AvgIpc) is 2.63. The lowest BCUT2D eigenvalue weighted by atomic mass is 10.1. The van der Waals surface area contributed by atoms with Crippen LogP contribution in [0.5, 0.6) is 0 Å². The molecule has 0 fully saturated rings. The fraction of sp³-hybridized carbons (Fsp3) is 0.636. The van der Waals surface area contributed by atoms with Gasteiger partial charge in [0.05, 0.1) is 0 Å². The van der Waals surface area contributed by atoms with E-state index in [0.717, 1.165) is 6.42 Å². The van der Waals surface area contributed by atoms with E-state index in [1.165, 1.54) is 22.6 Å². The van der Waals surface area contributed by atoms with E-state index in [4.69, 9.17) is 11.5 Å². The first-order chi connectivity index (χ1) is 6.80. The second-order valence-corrected chi connectivity index (χ2v) is 4.91. The standard InChI is InChI=1S/C11H20N2S/c1-2-3-10-4-5-11(14-10)6-9(7-12)8-13/h4-5,9H,2-3,6-8,12-13H2,1H3. The lowest BCUT2D eigenvalue weighted by Gasteiger charge is -2.09. The molecule has 0 spiro atoms. The maximum absolute atomic E-state index is 5.62. The highest BCUT2D eigenvalue weighted by Gasteiger charge is 2.07. The van der Waals surface area contributed by atoms with Crippen molar-refractivity contribution in [1.29, 1.82) is 0 Å². The van der Waals surface area contributed by atoms with Crippen molar-refractivity contribution in [1.82, 2.24) is 0 Å². The Kier molecular flexibility index (Phi) is 5.15. The predicted molar refractivity (Wildman–Crippen MR) is 63.6 cm³/mol. The lowest BCUT2D eigenvalue weighted by molar-refractivity contribution is 0.552. The van der Waals surface area contributed by atoms with Gasteiger partial charge in [-0.2, -0.15) is 0 Å². The Morgan fingerprint density at radius 2 is 1.86 bits per heavy atom. The van der Waals surface area contributed by atoms with Gasteiger partial charge in [0.15, 0.2) is 0 Å². The molecule has 1 rings (SSSR count). The summed E-state index contributed by atoms with van der Waals surface area (Å²) < 4.78 is 0. The Balaban J connectivity index is 2.49. The van der Waals surface area contributed by atoms with Gasteiger partial charge < -0.3 is 11.5 Å². The number of rotatable bonds is 6. The summed E-state index contributed by atoms with van der Waals surface area (Å²) in [5, 5.41) is 0. The average molecular weight is 212 g/mol. The molecule has 0 saturated carbocycles. The van der Waals surface area contributed by atoms with Crippen LogP contribution in [0.3, 0.4) is 0 Å². The first-order valence-corrected chi connectivity index (χ1v) is 6.09. The monoisotopic (exact) mass is 212 g/mol. The van der Waals surface area contributed by atoms with Crippen molar-refractivity contribution in [2.24, 2.45) is 17.4 Å². The maximum Gasteiger partial charge on any atom is 0.00519 e. The highest BCUT2D eigenvalue weighted by Crippen LogP contribution is 2.20. The largest absolute Gasteiger partial charge is 0.330 e. The highest BCUT2D eigenvalue weighted by molar-refractivity contribution is 7.11. The molecule has 0 amide bonds. The van der Waals surface area contributed by atoms with Gasteiger partial charge in [-0.15, -0.1) is 11.3 Å². The molecule has 0 aliphatic rings.